The number of hydrogen-bond donors (Lipinski definition) is 2. The Morgan fingerprint density at radius 3 is 2.11 bits per heavy atom. The molecule has 0 bridgehead atoms. The monoisotopic (exact) mass is 414 g/mol. The van der Waals surface area contributed by atoms with Crippen LogP contribution in [0, 0.1) is 0 Å². The summed E-state index contributed by atoms with van der Waals surface area (Å²) in [5.74, 6) is -0.0435. The van der Waals surface area contributed by atoms with Crippen molar-refractivity contribution in [3.63, 3.8) is 0 Å². The number of carbonyl (C=O) groups is 2. The first-order chi connectivity index (χ1) is 13.5. The lowest BCUT2D eigenvalue weighted by Crippen LogP contribution is -2.14. The Kier molecular flexibility index (Phi) is 6.19. The largest absolute Gasteiger partial charge is 0.495 e. The fourth-order valence-corrected chi connectivity index (χ4v) is 2.79. The average Bonchev–Trinajstić information content (AvgIpc) is 2.71. The van der Waals surface area contributed by atoms with Crippen LogP contribution in [0.5, 0.6) is 5.75 Å². The maximum atomic E-state index is 12.4. The van der Waals surface area contributed by atoms with Crippen molar-refractivity contribution >= 4 is 46.4 Å². The minimum absolute atomic E-state index is 0.285. The molecule has 0 saturated carbocycles. The lowest BCUT2D eigenvalue weighted by molar-refractivity contribution is 0.101. The van der Waals surface area contributed by atoms with E-state index in [1.807, 2.05) is 6.07 Å². The van der Waals surface area contributed by atoms with Crippen molar-refractivity contribution in [3.8, 4) is 5.75 Å². The molecule has 3 rings (SSSR count). The van der Waals surface area contributed by atoms with E-state index in [0.717, 1.165) is 0 Å². The van der Waals surface area contributed by atoms with Crippen molar-refractivity contribution in [2.45, 2.75) is 0 Å². The molecule has 0 radical (unpaired) electrons. The third kappa shape index (κ3) is 4.63. The first-order valence-electron chi connectivity index (χ1n) is 8.29. The van der Waals surface area contributed by atoms with Gasteiger partial charge in [-0.25, -0.2) is 0 Å². The van der Waals surface area contributed by atoms with E-state index in [0.29, 0.717) is 38.3 Å². The fraction of sp³-hybridized carbons (Fsp3) is 0.0476. The SMILES string of the molecule is COc1ccccc1NC(=O)c1ccc(NC(=O)c2ccc(Cl)c(Cl)c2)cc1. The van der Waals surface area contributed by atoms with Crippen molar-refractivity contribution < 1.29 is 14.3 Å². The van der Waals surface area contributed by atoms with Gasteiger partial charge in [-0.3, -0.25) is 9.59 Å². The van der Waals surface area contributed by atoms with Crippen molar-refractivity contribution in [2.24, 2.45) is 0 Å². The van der Waals surface area contributed by atoms with Crippen LogP contribution in [-0.2, 0) is 0 Å². The van der Waals surface area contributed by atoms with Gasteiger partial charge in [0.2, 0.25) is 0 Å². The predicted molar refractivity (Wildman–Crippen MR) is 112 cm³/mol. The van der Waals surface area contributed by atoms with Gasteiger partial charge in [-0.2, -0.15) is 0 Å². The van der Waals surface area contributed by atoms with Gasteiger partial charge in [0, 0.05) is 16.8 Å². The Morgan fingerprint density at radius 2 is 1.43 bits per heavy atom. The Balaban J connectivity index is 1.68. The summed E-state index contributed by atoms with van der Waals surface area (Å²) in [5.41, 5.74) is 1.95. The molecule has 2 amide bonds. The highest BCUT2D eigenvalue weighted by atomic mass is 35.5. The zero-order valence-electron chi connectivity index (χ0n) is 14.8. The highest BCUT2D eigenvalue weighted by Crippen LogP contribution is 2.25. The van der Waals surface area contributed by atoms with Gasteiger partial charge >= 0.3 is 0 Å². The van der Waals surface area contributed by atoms with Crippen LogP contribution in [-0.4, -0.2) is 18.9 Å². The normalized spacial score (nSPS) is 10.2. The third-order valence-corrected chi connectivity index (χ3v) is 4.68. The predicted octanol–water partition coefficient (Wildman–Crippen LogP) is 5.51. The third-order valence-electron chi connectivity index (χ3n) is 3.94. The molecule has 0 fully saturated rings. The molecule has 142 valence electrons. The van der Waals surface area contributed by atoms with Crippen LogP contribution >= 0.6 is 23.2 Å². The lowest BCUT2D eigenvalue weighted by Gasteiger charge is -2.10. The van der Waals surface area contributed by atoms with Gasteiger partial charge in [0.15, 0.2) is 0 Å². The van der Waals surface area contributed by atoms with E-state index in [9.17, 15) is 9.59 Å². The highest BCUT2D eigenvalue weighted by Gasteiger charge is 2.11. The molecule has 3 aromatic carbocycles. The summed E-state index contributed by atoms with van der Waals surface area (Å²) in [4.78, 5) is 24.7. The maximum Gasteiger partial charge on any atom is 0.255 e. The van der Waals surface area contributed by atoms with E-state index in [-0.39, 0.29) is 11.8 Å². The molecule has 7 heteroatoms. The number of halogens is 2. The molecule has 0 aromatic heterocycles. The van der Waals surface area contributed by atoms with Crippen LogP contribution in [0.1, 0.15) is 20.7 Å². The smallest absolute Gasteiger partial charge is 0.255 e. The number of methoxy groups -OCH3 is 1. The lowest BCUT2D eigenvalue weighted by atomic mass is 10.1. The Hall–Kier alpha value is -3.02. The molecule has 0 atom stereocenters. The van der Waals surface area contributed by atoms with Crippen LogP contribution in [0.15, 0.2) is 66.7 Å². The van der Waals surface area contributed by atoms with Gasteiger partial charge in [-0.05, 0) is 54.6 Å². The van der Waals surface area contributed by atoms with E-state index in [4.69, 9.17) is 27.9 Å². The number of benzene rings is 3. The average molecular weight is 415 g/mol. The number of amides is 2. The first-order valence-corrected chi connectivity index (χ1v) is 9.04. The van der Waals surface area contributed by atoms with Gasteiger partial charge < -0.3 is 15.4 Å². The van der Waals surface area contributed by atoms with Gasteiger partial charge in [0.05, 0.1) is 22.8 Å². The molecule has 5 nitrogen and oxygen atoms in total. The molecule has 0 aliphatic carbocycles. The molecular formula is C21H16Cl2N2O3. The number of para-hydroxylation sites is 2. The van der Waals surface area contributed by atoms with Gasteiger partial charge in [0.1, 0.15) is 5.75 Å². The van der Waals surface area contributed by atoms with Crippen LogP contribution in [0.2, 0.25) is 10.0 Å². The summed E-state index contributed by atoms with van der Waals surface area (Å²) in [6.07, 6.45) is 0. The Labute approximate surface area is 172 Å². The van der Waals surface area contributed by atoms with Gasteiger partial charge in [0.25, 0.3) is 11.8 Å². The summed E-state index contributed by atoms with van der Waals surface area (Å²) in [7, 11) is 1.54. The summed E-state index contributed by atoms with van der Waals surface area (Å²) in [6.45, 7) is 0. The highest BCUT2D eigenvalue weighted by molar-refractivity contribution is 6.42. The second-order valence-corrected chi connectivity index (χ2v) is 6.63. The summed E-state index contributed by atoms with van der Waals surface area (Å²) in [5, 5.41) is 6.23. The van der Waals surface area contributed by atoms with Crippen LogP contribution in [0.4, 0.5) is 11.4 Å². The van der Waals surface area contributed by atoms with E-state index >= 15 is 0 Å². The standard InChI is InChI=1S/C21H16Cl2N2O3/c1-28-19-5-3-2-4-18(19)25-20(26)13-6-9-15(10-7-13)24-21(27)14-8-11-16(22)17(23)12-14/h2-12H,1H3,(H,24,27)(H,25,26). The molecule has 0 heterocycles. The minimum atomic E-state index is -0.329. The summed E-state index contributed by atoms with van der Waals surface area (Å²) >= 11 is 11.8. The Morgan fingerprint density at radius 1 is 0.786 bits per heavy atom. The molecule has 28 heavy (non-hydrogen) atoms. The zero-order valence-corrected chi connectivity index (χ0v) is 16.3. The number of rotatable bonds is 5. The van der Waals surface area contributed by atoms with Crippen molar-refractivity contribution in [1.29, 1.82) is 0 Å². The van der Waals surface area contributed by atoms with E-state index in [1.165, 1.54) is 13.2 Å². The first kappa shape index (κ1) is 19.7. The number of carbonyl (C=O) groups excluding carboxylic acids is 2. The quantitative estimate of drug-likeness (QED) is 0.578. The van der Waals surface area contributed by atoms with Crippen molar-refractivity contribution in [3.05, 3.63) is 87.9 Å². The molecule has 0 unspecified atom stereocenters. The summed E-state index contributed by atoms with van der Waals surface area (Å²) < 4.78 is 5.22. The van der Waals surface area contributed by atoms with Crippen molar-refractivity contribution in [2.75, 3.05) is 17.7 Å². The summed E-state index contributed by atoms with van der Waals surface area (Å²) in [6, 6.07) is 18.3. The van der Waals surface area contributed by atoms with Crippen LogP contribution in [0.3, 0.4) is 0 Å². The van der Waals surface area contributed by atoms with Gasteiger partial charge in [-0.15, -0.1) is 0 Å². The van der Waals surface area contributed by atoms with E-state index in [1.54, 1.807) is 54.6 Å². The molecule has 2 N–H and O–H groups in total. The number of anilines is 2. The van der Waals surface area contributed by atoms with Gasteiger partial charge in [-0.1, -0.05) is 35.3 Å². The number of ether oxygens (including phenoxy) is 1. The topological polar surface area (TPSA) is 67.4 Å². The molecule has 0 saturated heterocycles. The van der Waals surface area contributed by atoms with E-state index in [2.05, 4.69) is 10.6 Å². The fourth-order valence-electron chi connectivity index (χ4n) is 2.49. The minimum Gasteiger partial charge on any atom is -0.495 e. The van der Waals surface area contributed by atoms with Crippen molar-refractivity contribution in [1.82, 2.24) is 0 Å². The molecule has 0 spiro atoms. The molecular weight excluding hydrogens is 399 g/mol. The molecule has 0 aliphatic heterocycles. The molecule has 3 aromatic rings. The second kappa shape index (κ2) is 8.78. The van der Waals surface area contributed by atoms with E-state index < -0.39 is 0 Å². The number of hydrogen-bond acceptors (Lipinski definition) is 3. The molecule has 0 aliphatic rings. The Bertz CT molecular complexity index is 1020. The zero-order chi connectivity index (χ0) is 20.1. The van der Waals surface area contributed by atoms with Crippen LogP contribution in [0.25, 0.3) is 0 Å². The van der Waals surface area contributed by atoms with Crippen LogP contribution < -0.4 is 15.4 Å². The number of nitrogens with one attached hydrogen (secondary N) is 2. The second-order valence-electron chi connectivity index (χ2n) is 5.81. The maximum absolute atomic E-state index is 12.4.